The first-order chi connectivity index (χ1) is 9.29. The van der Waals surface area contributed by atoms with Crippen molar-refractivity contribution in [2.75, 3.05) is 7.11 Å². The minimum Gasteiger partial charge on any atom is -0.494 e. The van der Waals surface area contributed by atoms with Crippen LogP contribution < -0.4 is 4.74 Å². The van der Waals surface area contributed by atoms with Crippen LogP contribution in [0.2, 0.25) is 0 Å². The highest BCUT2D eigenvalue weighted by atomic mass is 32.1. The maximum atomic E-state index is 5.41. The highest BCUT2D eigenvalue weighted by Crippen LogP contribution is 2.24. The zero-order valence-electron chi connectivity index (χ0n) is 10.6. The van der Waals surface area contributed by atoms with Crippen LogP contribution in [-0.4, -0.2) is 16.7 Å². The molecule has 0 aliphatic heterocycles. The molecule has 3 nitrogen and oxygen atoms in total. The molecule has 0 fully saturated rings. The lowest BCUT2D eigenvalue weighted by Gasteiger charge is -2.04. The monoisotopic (exact) mass is 290 g/mol. The lowest BCUT2D eigenvalue weighted by molar-refractivity contribution is 0.419. The molecule has 0 aliphatic rings. The number of rotatable bonds is 4. The fraction of sp³-hybridized carbons (Fsp3) is 0.214. The van der Waals surface area contributed by atoms with Gasteiger partial charge in [0, 0.05) is 6.54 Å². The van der Waals surface area contributed by atoms with Gasteiger partial charge in [-0.3, -0.25) is 0 Å². The second kappa shape index (κ2) is 5.19. The van der Waals surface area contributed by atoms with E-state index in [-0.39, 0.29) is 0 Å². The summed E-state index contributed by atoms with van der Waals surface area (Å²) in [4.78, 5) is 3.23. The molecule has 98 valence electrons. The predicted octanol–water partition coefficient (Wildman–Crippen LogP) is 4.01. The Morgan fingerprint density at radius 1 is 1.37 bits per heavy atom. The first kappa shape index (κ1) is 12.4. The number of methoxy groups -OCH3 is 1. The normalized spacial score (nSPS) is 11.0. The van der Waals surface area contributed by atoms with E-state index in [4.69, 9.17) is 17.0 Å². The van der Waals surface area contributed by atoms with Gasteiger partial charge in [-0.15, -0.1) is 0 Å². The Kier molecular flexibility index (Phi) is 3.40. The third-order valence-electron chi connectivity index (χ3n) is 3.20. The molecule has 0 radical (unpaired) electrons. The number of para-hydroxylation sites is 1. The largest absolute Gasteiger partial charge is 0.494 e. The second-order valence-electron chi connectivity index (χ2n) is 4.32. The third kappa shape index (κ3) is 2.31. The number of H-pyrrole nitrogens is 1. The lowest BCUT2D eigenvalue weighted by atomic mass is 10.2. The highest BCUT2D eigenvalue weighted by Gasteiger charge is 2.08. The fourth-order valence-corrected chi connectivity index (χ4v) is 3.22. The van der Waals surface area contributed by atoms with Crippen LogP contribution in [0, 0.1) is 4.77 Å². The maximum Gasteiger partial charge on any atom is 0.178 e. The first-order valence-electron chi connectivity index (χ1n) is 6.06. The van der Waals surface area contributed by atoms with Crippen molar-refractivity contribution >= 4 is 34.6 Å². The minimum absolute atomic E-state index is 0.745. The van der Waals surface area contributed by atoms with Gasteiger partial charge in [0.2, 0.25) is 0 Å². The highest BCUT2D eigenvalue weighted by molar-refractivity contribution is 7.71. The van der Waals surface area contributed by atoms with Gasteiger partial charge in [0.1, 0.15) is 11.3 Å². The van der Waals surface area contributed by atoms with E-state index in [1.165, 1.54) is 5.56 Å². The van der Waals surface area contributed by atoms with E-state index in [9.17, 15) is 0 Å². The van der Waals surface area contributed by atoms with Crippen molar-refractivity contribution in [2.45, 2.75) is 13.0 Å². The molecule has 0 saturated heterocycles. The molecular weight excluding hydrogens is 276 g/mol. The number of aromatic amines is 1. The molecular formula is C14H14N2OS2. The maximum absolute atomic E-state index is 5.41. The van der Waals surface area contributed by atoms with Crippen LogP contribution in [0.15, 0.2) is 35.0 Å². The van der Waals surface area contributed by atoms with Crippen LogP contribution in [0.4, 0.5) is 0 Å². The molecule has 1 N–H and O–H groups in total. The second-order valence-corrected chi connectivity index (χ2v) is 5.48. The summed E-state index contributed by atoms with van der Waals surface area (Å²) < 4.78 is 8.23. The van der Waals surface area contributed by atoms with Crippen molar-refractivity contribution in [2.24, 2.45) is 0 Å². The van der Waals surface area contributed by atoms with E-state index in [1.54, 1.807) is 18.4 Å². The number of aromatic nitrogens is 2. The van der Waals surface area contributed by atoms with Gasteiger partial charge >= 0.3 is 0 Å². The SMILES string of the molecule is COc1cccc2c1[nH]c(=S)n2CCc1ccsc1. The molecule has 0 saturated carbocycles. The van der Waals surface area contributed by atoms with Crippen LogP contribution in [0.3, 0.4) is 0 Å². The van der Waals surface area contributed by atoms with Crippen LogP contribution in [0.5, 0.6) is 5.75 Å². The molecule has 3 rings (SSSR count). The van der Waals surface area contributed by atoms with Crippen LogP contribution in [0.25, 0.3) is 11.0 Å². The molecule has 19 heavy (non-hydrogen) atoms. The molecule has 0 spiro atoms. The molecule has 2 heterocycles. The van der Waals surface area contributed by atoms with Gasteiger partial charge in [-0.05, 0) is 53.2 Å². The number of aryl methyl sites for hydroxylation is 2. The number of hydrogen-bond donors (Lipinski definition) is 1. The number of benzene rings is 1. The van der Waals surface area contributed by atoms with Crippen molar-refractivity contribution in [1.29, 1.82) is 0 Å². The summed E-state index contributed by atoms with van der Waals surface area (Å²) in [6, 6.07) is 8.16. The van der Waals surface area contributed by atoms with Crippen molar-refractivity contribution in [3.8, 4) is 5.75 Å². The molecule has 1 aromatic carbocycles. The Labute approximate surface area is 120 Å². The van der Waals surface area contributed by atoms with E-state index < -0.39 is 0 Å². The summed E-state index contributed by atoms with van der Waals surface area (Å²) in [5, 5.41) is 4.28. The average molecular weight is 290 g/mol. The van der Waals surface area contributed by atoms with Crippen LogP contribution in [-0.2, 0) is 13.0 Å². The van der Waals surface area contributed by atoms with Gasteiger partial charge in [-0.2, -0.15) is 11.3 Å². The first-order valence-corrected chi connectivity index (χ1v) is 7.41. The van der Waals surface area contributed by atoms with E-state index in [0.29, 0.717) is 0 Å². The Hall–Kier alpha value is -1.59. The summed E-state index contributed by atoms with van der Waals surface area (Å²) in [5.74, 6) is 0.831. The van der Waals surface area contributed by atoms with E-state index in [2.05, 4.69) is 32.4 Å². The number of nitrogens with zero attached hydrogens (tertiary/aromatic N) is 1. The number of nitrogens with one attached hydrogen (secondary N) is 1. The molecule has 3 aromatic rings. The van der Waals surface area contributed by atoms with Gasteiger partial charge in [0.05, 0.1) is 12.6 Å². The molecule has 0 amide bonds. The average Bonchev–Trinajstić information content (AvgIpc) is 3.03. The number of thiophene rings is 1. The molecule has 0 unspecified atom stereocenters. The molecule has 5 heteroatoms. The van der Waals surface area contributed by atoms with E-state index >= 15 is 0 Å². The molecule has 0 atom stereocenters. The fourth-order valence-electron chi connectivity index (χ4n) is 2.22. The smallest absolute Gasteiger partial charge is 0.178 e. The molecule has 2 aromatic heterocycles. The molecule has 0 aliphatic carbocycles. The summed E-state index contributed by atoms with van der Waals surface area (Å²) in [6.07, 6.45) is 0.988. The number of imidazole rings is 1. The van der Waals surface area contributed by atoms with Crippen LogP contribution in [0.1, 0.15) is 5.56 Å². The Morgan fingerprint density at radius 3 is 3.00 bits per heavy atom. The van der Waals surface area contributed by atoms with E-state index in [1.807, 2.05) is 12.1 Å². The summed E-state index contributed by atoms with van der Waals surface area (Å²) >= 11 is 7.14. The summed E-state index contributed by atoms with van der Waals surface area (Å²) in [5.41, 5.74) is 3.42. The standard InChI is InChI=1S/C14H14N2OS2/c1-17-12-4-2-3-11-13(12)15-14(18)16(11)7-5-10-6-8-19-9-10/h2-4,6,8-9H,5,7H2,1H3,(H,15,18). The van der Waals surface area contributed by atoms with E-state index in [0.717, 1.165) is 34.5 Å². The Morgan fingerprint density at radius 2 is 2.26 bits per heavy atom. The number of hydrogen-bond acceptors (Lipinski definition) is 3. The Balaban J connectivity index is 1.99. The van der Waals surface area contributed by atoms with Crippen molar-refractivity contribution < 1.29 is 4.74 Å². The van der Waals surface area contributed by atoms with Gasteiger partial charge in [0.25, 0.3) is 0 Å². The number of fused-ring (bicyclic) bond motifs is 1. The zero-order chi connectivity index (χ0) is 13.2. The van der Waals surface area contributed by atoms with Crippen molar-refractivity contribution in [3.05, 3.63) is 45.4 Å². The van der Waals surface area contributed by atoms with Gasteiger partial charge in [0.15, 0.2) is 4.77 Å². The predicted molar refractivity (Wildman–Crippen MR) is 81.7 cm³/mol. The summed E-state index contributed by atoms with van der Waals surface area (Å²) in [6.45, 7) is 0.878. The van der Waals surface area contributed by atoms with Gasteiger partial charge in [-0.1, -0.05) is 6.07 Å². The van der Waals surface area contributed by atoms with Gasteiger partial charge in [-0.25, -0.2) is 0 Å². The van der Waals surface area contributed by atoms with Crippen molar-refractivity contribution in [3.63, 3.8) is 0 Å². The van der Waals surface area contributed by atoms with Crippen LogP contribution >= 0.6 is 23.6 Å². The summed E-state index contributed by atoms with van der Waals surface area (Å²) in [7, 11) is 1.67. The van der Waals surface area contributed by atoms with Crippen molar-refractivity contribution in [1.82, 2.24) is 9.55 Å². The molecule has 0 bridgehead atoms. The topological polar surface area (TPSA) is 29.9 Å². The lowest BCUT2D eigenvalue weighted by Crippen LogP contribution is -2.00. The Bertz CT molecular complexity index is 740. The van der Waals surface area contributed by atoms with Gasteiger partial charge < -0.3 is 14.3 Å². The minimum atomic E-state index is 0.745. The number of ether oxygens (including phenoxy) is 1. The quantitative estimate of drug-likeness (QED) is 0.736. The third-order valence-corrected chi connectivity index (χ3v) is 4.25. The zero-order valence-corrected chi connectivity index (χ0v) is 12.2.